The minimum absolute atomic E-state index is 0.845. The van der Waals surface area contributed by atoms with Crippen LogP contribution >= 0.6 is 0 Å². The first-order valence-corrected chi connectivity index (χ1v) is 29.8. The summed E-state index contributed by atoms with van der Waals surface area (Å²) in [5.41, 5.74) is 19.1. The highest BCUT2D eigenvalue weighted by molar-refractivity contribution is 6.41. The van der Waals surface area contributed by atoms with Gasteiger partial charge in [0.25, 0.3) is 0 Å². The molecule has 0 fully saturated rings. The lowest BCUT2D eigenvalue weighted by Crippen LogP contribution is -1.93. The van der Waals surface area contributed by atoms with Crippen LogP contribution < -0.4 is 0 Å². The van der Waals surface area contributed by atoms with Crippen LogP contribution in [-0.2, 0) is 0 Å². The van der Waals surface area contributed by atoms with Gasteiger partial charge in [-0.15, -0.1) is 0 Å². The number of rotatable bonds is 2. The van der Waals surface area contributed by atoms with E-state index in [1.54, 1.807) is 0 Å². The lowest BCUT2D eigenvalue weighted by Gasteiger charge is -2.10. The van der Waals surface area contributed by atoms with Crippen molar-refractivity contribution in [2.75, 3.05) is 0 Å². The highest BCUT2D eigenvalue weighted by Crippen LogP contribution is 2.53. The Morgan fingerprint density at radius 2 is 0.655 bits per heavy atom. The summed E-state index contributed by atoms with van der Waals surface area (Å²) >= 11 is 0. The Balaban J connectivity index is 0.742. The number of fused-ring (bicyclic) bond motifs is 36. The number of hydrogen-bond acceptors (Lipinski definition) is 4. The normalized spacial score (nSPS) is 13.1. The third-order valence-corrected chi connectivity index (χ3v) is 20.1. The van der Waals surface area contributed by atoms with E-state index in [9.17, 15) is 0 Å². The second-order valence-electron chi connectivity index (χ2n) is 24.1. The zero-order valence-corrected chi connectivity index (χ0v) is 46.0. The van der Waals surface area contributed by atoms with Crippen molar-refractivity contribution in [1.82, 2.24) is 13.4 Å². The van der Waals surface area contributed by atoms with Crippen molar-refractivity contribution in [2.24, 2.45) is 0 Å². The Kier molecular flexibility index (Phi) is 7.52. The number of benzene rings is 14. The van der Waals surface area contributed by atoms with Gasteiger partial charge >= 0.3 is 0 Å². The number of hydrogen-bond donors (Lipinski definition) is 0. The van der Waals surface area contributed by atoms with Crippen LogP contribution in [0.2, 0.25) is 0 Å². The summed E-state index contributed by atoms with van der Waals surface area (Å²) in [6.07, 6.45) is 0. The molecule has 87 heavy (non-hydrogen) atoms. The van der Waals surface area contributed by atoms with Crippen LogP contribution in [0.1, 0.15) is 0 Å². The van der Waals surface area contributed by atoms with Crippen molar-refractivity contribution < 1.29 is 17.7 Å². The fourth-order valence-corrected chi connectivity index (χ4v) is 16.5. The Hall–Kier alpha value is -11.8. The first-order valence-electron chi connectivity index (χ1n) is 29.8. The molecular weight excluding hydrogens is 1070 g/mol. The van der Waals surface area contributed by atoms with E-state index in [1.165, 1.54) is 70.3 Å². The maximum absolute atomic E-state index is 7.27. The average molecular weight is 1110 g/mol. The Morgan fingerprint density at radius 3 is 1.28 bits per heavy atom. The van der Waals surface area contributed by atoms with E-state index in [4.69, 9.17) is 17.7 Å². The summed E-state index contributed by atoms with van der Waals surface area (Å²) < 4.78 is 35.4. The van der Waals surface area contributed by atoms with Crippen LogP contribution in [0.25, 0.3) is 224 Å². The van der Waals surface area contributed by atoms with Crippen molar-refractivity contribution in [2.45, 2.75) is 0 Å². The van der Waals surface area contributed by atoms with Gasteiger partial charge in [0.15, 0.2) is 22.3 Å². The lowest BCUT2D eigenvalue weighted by atomic mass is 9.95. The Bertz CT molecular complexity index is 7120. The summed E-state index contributed by atoms with van der Waals surface area (Å²) in [6, 6.07) is 86.2. The van der Waals surface area contributed by atoms with Gasteiger partial charge in [0.05, 0.1) is 44.1 Å². The molecule has 9 aromatic heterocycles. The summed E-state index contributed by atoms with van der Waals surface area (Å²) in [7, 11) is 0. The first-order chi connectivity index (χ1) is 43.2. The standard InChI is InChI=1S/C80H39N3O4/c1-2-12-44-41(11-1)23-28-49-59(44)38-60-50-29-32-55-48-27-24-42(37-67(48)87-78(55)73(50)82-71(60)68(49)57-35-33-53-46-14-5-9-19-65(46)85-79(53)75(57)82)40-21-25-43(26-22-40)81-62-17-7-3-16-56(62)69-63(81)39-61-51-30-31-52-45-13-4-8-18-64(45)84-77(52)74(51)83-72(61)70(69)58-36-34-54-47-15-6-10-20-66(47)86-80(54)76(58)83/h1-39H. The molecule has 14 aromatic carbocycles. The van der Waals surface area contributed by atoms with Crippen LogP contribution in [0.4, 0.5) is 0 Å². The molecule has 23 rings (SSSR count). The molecule has 23 aromatic rings. The summed E-state index contributed by atoms with van der Waals surface area (Å²) in [5.74, 6) is 0. The van der Waals surface area contributed by atoms with E-state index >= 15 is 0 Å². The highest BCUT2D eigenvalue weighted by atomic mass is 16.3. The van der Waals surface area contributed by atoms with Crippen molar-refractivity contribution >= 4 is 207 Å². The van der Waals surface area contributed by atoms with Gasteiger partial charge in [-0.05, 0) is 118 Å². The van der Waals surface area contributed by atoms with E-state index in [-0.39, 0.29) is 0 Å². The molecule has 398 valence electrons. The van der Waals surface area contributed by atoms with Crippen LogP contribution in [0, 0.1) is 0 Å². The van der Waals surface area contributed by atoms with Crippen molar-refractivity contribution in [3.8, 4) is 16.8 Å². The molecule has 0 aliphatic carbocycles. The van der Waals surface area contributed by atoms with Gasteiger partial charge in [-0.1, -0.05) is 152 Å². The van der Waals surface area contributed by atoms with Crippen molar-refractivity contribution in [1.29, 1.82) is 0 Å². The molecule has 7 nitrogen and oxygen atoms in total. The minimum Gasteiger partial charge on any atom is -0.454 e. The zero-order valence-electron chi connectivity index (χ0n) is 46.0. The smallest absolute Gasteiger partial charge is 0.160 e. The van der Waals surface area contributed by atoms with Gasteiger partial charge in [-0.2, -0.15) is 0 Å². The van der Waals surface area contributed by atoms with E-state index in [0.717, 1.165) is 154 Å². The van der Waals surface area contributed by atoms with Crippen LogP contribution in [0.3, 0.4) is 0 Å². The summed E-state index contributed by atoms with van der Waals surface area (Å²) in [6.45, 7) is 0. The molecule has 0 unspecified atom stereocenters. The fraction of sp³-hybridized carbons (Fsp3) is 0. The van der Waals surface area contributed by atoms with Crippen molar-refractivity contribution in [3.05, 3.63) is 237 Å². The highest BCUT2D eigenvalue weighted by Gasteiger charge is 2.30. The van der Waals surface area contributed by atoms with Gasteiger partial charge in [-0.3, -0.25) is 0 Å². The number of nitrogens with zero attached hydrogens (tertiary/aromatic N) is 3. The quantitative estimate of drug-likeness (QED) is 0.162. The first kappa shape index (κ1) is 43.8. The minimum atomic E-state index is 0.845. The average Bonchev–Trinajstić information content (AvgIpc) is 1.52. The molecule has 0 amide bonds. The molecule has 0 bridgehead atoms. The van der Waals surface area contributed by atoms with Gasteiger partial charge in [-0.25, -0.2) is 0 Å². The molecule has 0 saturated heterocycles. The van der Waals surface area contributed by atoms with Crippen LogP contribution in [-0.4, -0.2) is 13.4 Å². The second kappa shape index (κ2) is 14.9. The predicted molar refractivity (Wildman–Crippen MR) is 360 cm³/mol. The SMILES string of the molecule is c1ccc2c(c1)ccc1c2cc2c3ccc4c5ccc(-c6ccc(-n7c8ccccc8c8c9c%10ccc%11c%12ccccc%12oc%11c%10n%10c%11c(ccc%12c%13ccccc%13oc%12%11)c(cc87)c9%10)cc6)cc5oc4c3n3c4c(ccc5c6ccccc6oc54)c1c23. The van der Waals surface area contributed by atoms with Crippen LogP contribution in [0.15, 0.2) is 254 Å². The molecule has 0 aliphatic rings. The summed E-state index contributed by atoms with van der Waals surface area (Å²) in [5, 5.41) is 25.6. The second-order valence-corrected chi connectivity index (χ2v) is 24.1. The van der Waals surface area contributed by atoms with E-state index in [2.05, 4.69) is 250 Å². The predicted octanol–water partition coefficient (Wildman–Crippen LogP) is 22.7. The lowest BCUT2D eigenvalue weighted by molar-refractivity contribution is 0.669. The fourth-order valence-electron chi connectivity index (χ4n) is 16.5. The third-order valence-electron chi connectivity index (χ3n) is 20.1. The molecule has 0 spiro atoms. The maximum Gasteiger partial charge on any atom is 0.160 e. The Labute approximate surface area is 489 Å². The topological polar surface area (TPSA) is 66.3 Å². The molecule has 0 atom stereocenters. The molecule has 0 N–H and O–H groups in total. The van der Waals surface area contributed by atoms with E-state index in [0.29, 0.717) is 0 Å². The van der Waals surface area contributed by atoms with Gasteiger partial charge in [0, 0.05) is 103 Å². The molecule has 0 radical (unpaired) electrons. The zero-order chi connectivity index (χ0) is 55.8. The summed E-state index contributed by atoms with van der Waals surface area (Å²) in [4.78, 5) is 0. The number of furan rings is 4. The van der Waals surface area contributed by atoms with E-state index < -0.39 is 0 Å². The molecular formula is C80H39N3O4. The number of aromatic nitrogens is 3. The van der Waals surface area contributed by atoms with Crippen molar-refractivity contribution in [3.63, 3.8) is 0 Å². The van der Waals surface area contributed by atoms with Crippen LogP contribution in [0.5, 0.6) is 0 Å². The van der Waals surface area contributed by atoms with Gasteiger partial charge < -0.3 is 31.0 Å². The third kappa shape index (κ3) is 5.11. The molecule has 7 heteroatoms. The molecule has 9 heterocycles. The Morgan fingerprint density at radius 1 is 0.218 bits per heavy atom. The van der Waals surface area contributed by atoms with Gasteiger partial charge in [0.2, 0.25) is 0 Å². The molecule has 0 saturated carbocycles. The van der Waals surface area contributed by atoms with Gasteiger partial charge in [0.1, 0.15) is 22.3 Å². The maximum atomic E-state index is 7.27. The molecule has 0 aliphatic heterocycles. The monoisotopic (exact) mass is 1110 g/mol. The largest absolute Gasteiger partial charge is 0.454 e. The van der Waals surface area contributed by atoms with E-state index in [1.807, 2.05) is 0 Å². The number of para-hydroxylation sites is 4.